The monoisotopic (exact) mass is 508 g/mol. The maximum absolute atomic E-state index is 13.3. The van der Waals surface area contributed by atoms with Gasteiger partial charge in [-0.3, -0.25) is 9.59 Å². The summed E-state index contributed by atoms with van der Waals surface area (Å²) in [5.41, 5.74) is -3.64. The highest BCUT2D eigenvalue weighted by molar-refractivity contribution is 7.90. The molecule has 8 nitrogen and oxygen atoms in total. The zero-order chi connectivity index (χ0) is 26.1. The quantitative estimate of drug-likeness (QED) is 0.467. The van der Waals surface area contributed by atoms with Crippen LogP contribution >= 0.6 is 0 Å². The maximum atomic E-state index is 13.3. The molecule has 3 aromatic rings. The van der Waals surface area contributed by atoms with E-state index in [2.05, 4.69) is 10.3 Å². The minimum atomic E-state index is -4.74. The number of alkyl halides is 3. The van der Waals surface area contributed by atoms with Crippen molar-refractivity contribution in [3.63, 3.8) is 0 Å². The van der Waals surface area contributed by atoms with E-state index in [1.54, 1.807) is 0 Å². The third kappa shape index (κ3) is 5.60. The number of aromatic nitrogens is 1. The van der Waals surface area contributed by atoms with Crippen molar-refractivity contribution in [2.24, 2.45) is 0 Å². The van der Waals surface area contributed by atoms with Gasteiger partial charge in [0, 0.05) is 24.1 Å². The molecule has 0 bridgehead atoms. The number of rotatable bonds is 6. The molecule has 0 aliphatic carbocycles. The van der Waals surface area contributed by atoms with E-state index >= 15 is 0 Å². The molecule has 0 aliphatic heterocycles. The van der Waals surface area contributed by atoms with Crippen LogP contribution in [0.5, 0.6) is 0 Å². The van der Waals surface area contributed by atoms with E-state index in [-0.39, 0.29) is 22.7 Å². The average molecular weight is 508 g/mol. The summed E-state index contributed by atoms with van der Waals surface area (Å²) in [7, 11) is -3.44. The smallest absolute Gasteiger partial charge is 0.416 e. The number of hydrogen-bond donors (Lipinski definition) is 3. The van der Waals surface area contributed by atoms with Crippen molar-refractivity contribution < 1.29 is 36.3 Å². The van der Waals surface area contributed by atoms with Gasteiger partial charge in [0.05, 0.1) is 16.0 Å². The van der Waals surface area contributed by atoms with Crippen molar-refractivity contribution in [1.29, 1.82) is 0 Å². The third-order valence-electron chi connectivity index (χ3n) is 5.13. The van der Waals surface area contributed by atoms with Crippen molar-refractivity contribution in [3.8, 4) is 11.1 Å². The molecule has 0 saturated heterocycles. The van der Waals surface area contributed by atoms with E-state index < -0.39 is 55.7 Å². The number of nitrogens with one attached hydrogen (secondary N) is 2. The Hall–Kier alpha value is -3.93. The number of sulfone groups is 1. The number of H-pyrrole nitrogens is 1. The summed E-state index contributed by atoms with van der Waals surface area (Å²) in [6, 6.07) is 9.20. The maximum Gasteiger partial charge on any atom is 0.416 e. The number of aromatic carboxylic acids is 1. The Morgan fingerprint density at radius 3 is 2.23 bits per heavy atom. The number of amides is 1. The molecule has 3 N–H and O–H groups in total. The summed E-state index contributed by atoms with van der Waals surface area (Å²) in [6.07, 6.45) is -3.71. The van der Waals surface area contributed by atoms with Crippen LogP contribution in [-0.2, 0) is 22.6 Å². The van der Waals surface area contributed by atoms with E-state index in [0.29, 0.717) is 11.6 Å². The number of pyridine rings is 1. The molecule has 0 radical (unpaired) electrons. The van der Waals surface area contributed by atoms with Gasteiger partial charge in [-0.1, -0.05) is 24.3 Å². The number of carbonyl (C=O) groups is 2. The Labute approximate surface area is 197 Å². The molecular weight excluding hydrogens is 489 g/mol. The van der Waals surface area contributed by atoms with Gasteiger partial charge in [-0.05, 0) is 42.3 Å². The van der Waals surface area contributed by atoms with Gasteiger partial charge in [-0.15, -0.1) is 0 Å². The number of benzene rings is 2. The molecule has 0 aliphatic rings. The van der Waals surface area contributed by atoms with Crippen LogP contribution in [0.3, 0.4) is 0 Å². The number of halogens is 3. The molecule has 0 saturated carbocycles. The fraction of sp³-hybridized carbons (Fsp3) is 0.174. The van der Waals surface area contributed by atoms with Crippen LogP contribution in [-0.4, -0.2) is 36.6 Å². The summed E-state index contributed by atoms with van der Waals surface area (Å²) < 4.78 is 63.0. The summed E-state index contributed by atoms with van der Waals surface area (Å²) in [4.78, 5) is 40.0. The fourth-order valence-electron chi connectivity index (χ4n) is 3.47. The van der Waals surface area contributed by atoms with Crippen molar-refractivity contribution in [2.75, 3.05) is 6.26 Å². The van der Waals surface area contributed by atoms with E-state index in [1.807, 2.05) is 0 Å². The molecule has 1 amide bonds. The molecule has 1 heterocycles. The van der Waals surface area contributed by atoms with E-state index in [9.17, 15) is 41.1 Å². The summed E-state index contributed by atoms with van der Waals surface area (Å²) in [5, 5.41) is 12.1. The van der Waals surface area contributed by atoms with Gasteiger partial charge in [0.2, 0.25) is 0 Å². The molecule has 0 atom stereocenters. The highest BCUT2D eigenvalue weighted by Gasteiger charge is 2.32. The Morgan fingerprint density at radius 1 is 1.06 bits per heavy atom. The van der Waals surface area contributed by atoms with Crippen molar-refractivity contribution >= 4 is 21.7 Å². The predicted octanol–water partition coefficient (Wildman–Crippen LogP) is 3.40. The number of carboxylic acids is 1. The van der Waals surface area contributed by atoms with Crippen molar-refractivity contribution in [2.45, 2.75) is 24.5 Å². The van der Waals surface area contributed by atoms with Gasteiger partial charge in [-0.2, -0.15) is 13.2 Å². The molecule has 0 unspecified atom stereocenters. The predicted molar refractivity (Wildman–Crippen MR) is 120 cm³/mol. The van der Waals surface area contributed by atoms with Gasteiger partial charge >= 0.3 is 12.1 Å². The second kappa shape index (κ2) is 9.37. The Bertz CT molecular complexity index is 1480. The normalized spacial score (nSPS) is 11.8. The lowest BCUT2D eigenvalue weighted by atomic mass is 9.92. The lowest BCUT2D eigenvalue weighted by molar-refractivity contribution is -0.137. The average Bonchev–Trinajstić information content (AvgIpc) is 2.76. The van der Waals surface area contributed by atoms with E-state index in [1.165, 1.54) is 37.3 Å². The zero-order valence-electron chi connectivity index (χ0n) is 18.4. The van der Waals surface area contributed by atoms with Gasteiger partial charge in [0.15, 0.2) is 9.84 Å². The highest BCUT2D eigenvalue weighted by atomic mass is 32.2. The highest BCUT2D eigenvalue weighted by Crippen LogP contribution is 2.34. The Kier molecular flexibility index (Phi) is 6.88. The minimum absolute atomic E-state index is 0.0560. The number of carboxylic acid groups (broad SMARTS) is 1. The fourth-order valence-corrected chi connectivity index (χ4v) is 4.10. The first-order chi connectivity index (χ1) is 16.2. The topological polar surface area (TPSA) is 133 Å². The Balaban J connectivity index is 2.08. The largest absolute Gasteiger partial charge is 0.478 e. The molecular formula is C23H19F3N2O6S. The number of aryl methyl sites for hydroxylation is 1. The van der Waals surface area contributed by atoms with Crippen LogP contribution in [0.4, 0.5) is 13.2 Å². The summed E-state index contributed by atoms with van der Waals surface area (Å²) in [6.45, 7) is 1.09. The summed E-state index contributed by atoms with van der Waals surface area (Å²) in [5.74, 6) is -2.56. The van der Waals surface area contributed by atoms with Crippen LogP contribution in [0, 0.1) is 6.92 Å². The number of hydrogen-bond acceptors (Lipinski definition) is 5. The minimum Gasteiger partial charge on any atom is -0.478 e. The zero-order valence-corrected chi connectivity index (χ0v) is 19.2. The van der Waals surface area contributed by atoms with Gasteiger partial charge in [0.25, 0.3) is 11.5 Å². The van der Waals surface area contributed by atoms with Crippen LogP contribution in [0.25, 0.3) is 11.1 Å². The molecule has 0 fully saturated rings. The molecule has 2 aromatic carbocycles. The van der Waals surface area contributed by atoms with Crippen molar-refractivity contribution in [1.82, 2.24) is 10.3 Å². The first-order valence-corrected chi connectivity index (χ1v) is 11.8. The number of carbonyl (C=O) groups excluding carboxylic acids is 1. The molecule has 35 heavy (non-hydrogen) atoms. The number of aromatic amines is 1. The molecule has 1 aromatic heterocycles. The first-order valence-electron chi connectivity index (χ1n) is 9.95. The Morgan fingerprint density at radius 2 is 1.69 bits per heavy atom. The van der Waals surface area contributed by atoms with Crippen LogP contribution in [0.15, 0.2) is 58.2 Å². The van der Waals surface area contributed by atoms with Crippen molar-refractivity contribution in [3.05, 3.63) is 86.8 Å². The second-order valence-electron chi connectivity index (χ2n) is 7.69. The lowest BCUT2D eigenvalue weighted by Gasteiger charge is -2.16. The van der Waals surface area contributed by atoms with E-state index in [4.69, 9.17) is 0 Å². The van der Waals surface area contributed by atoms with Gasteiger partial charge in [0.1, 0.15) is 5.56 Å². The van der Waals surface area contributed by atoms with Crippen LogP contribution in [0.1, 0.15) is 37.5 Å². The molecule has 184 valence electrons. The molecule has 12 heteroatoms. The van der Waals surface area contributed by atoms with Crippen LogP contribution < -0.4 is 10.9 Å². The van der Waals surface area contributed by atoms with Crippen LogP contribution in [0.2, 0.25) is 0 Å². The van der Waals surface area contributed by atoms with Gasteiger partial charge < -0.3 is 15.4 Å². The standard InChI is InChI=1S/C23H19F3N2O6S/c1-12-17(22(31)32)18(14-4-3-5-15(10-14)23(24,25)26)19(21(30)28-12)20(29)27-11-13-6-8-16(9-7-13)35(2,33)34/h3-10H,11H2,1-2H3,(H,27,29)(H,28,30)(H,31,32). The third-order valence-corrected chi connectivity index (χ3v) is 6.26. The first kappa shape index (κ1) is 25.7. The lowest BCUT2D eigenvalue weighted by Crippen LogP contribution is -2.32. The SMILES string of the molecule is Cc1[nH]c(=O)c(C(=O)NCc2ccc(S(C)(=O)=O)cc2)c(-c2cccc(C(F)(F)F)c2)c1C(=O)O. The molecule has 0 spiro atoms. The van der Waals surface area contributed by atoms with E-state index in [0.717, 1.165) is 18.4 Å². The molecule has 3 rings (SSSR count). The van der Waals surface area contributed by atoms with Gasteiger partial charge in [-0.25, -0.2) is 13.2 Å². The second-order valence-corrected chi connectivity index (χ2v) is 9.70. The summed E-state index contributed by atoms with van der Waals surface area (Å²) >= 11 is 0.